The number of nitrogens with zero attached hydrogens (tertiary/aromatic N) is 1. The second kappa shape index (κ2) is 8.00. The molecule has 5 nitrogen and oxygen atoms in total. The Bertz CT molecular complexity index is 623. The lowest BCUT2D eigenvalue weighted by molar-refractivity contribution is -0.140. The average molecular weight is 344 g/mol. The van der Waals surface area contributed by atoms with Crippen molar-refractivity contribution < 1.29 is 14.3 Å². The van der Waals surface area contributed by atoms with E-state index in [1.807, 2.05) is 17.0 Å². The molecule has 5 heteroatoms. The minimum Gasteiger partial charge on any atom is -0.368 e. The molecule has 0 aromatic heterocycles. The van der Waals surface area contributed by atoms with Gasteiger partial charge in [-0.15, -0.1) is 0 Å². The number of carbonyl (C=O) groups excluding carboxylic acids is 2. The fourth-order valence-electron chi connectivity index (χ4n) is 3.65. The van der Waals surface area contributed by atoms with E-state index in [-0.39, 0.29) is 11.8 Å². The van der Waals surface area contributed by atoms with E-state index >= 15 is 0 Å². The van der Waals surface area contributed by atoms with Crippen LogP contribution in [0.15, 0.2) is 24.3 Å². The highest BCUT2D eigenvalue weighted by molar-refractivity contribution is 5.89. The normalized spacial score (nSPS) is 21.1. The molecule has 2 aliphatic rings. The number of nitrogens with one attached hydrogen (secondary N) is 1. The zero-order valence-electron chi connectivity index (χ0n) is 15.2. The molecule has 2 heterocycles. The minimum atomic E-state index is -0.470. The zero-order valence-corrected chi connectivity index (χ0v) is 15.2. The van der Waals surface area contributed by atoms with Crippen LogP contribution < -0.4 is 5.32 Å². The first-order valence-corrected chi connectivity index (χ1v) is 9.32. The van der Waals surface area contributed by atoms with Gasteiger partial charge in [0.2, 0.25) is 11.8 Å². The van der Waals surface area contributed by atoms with Crippen molar-refractivity contribution in [2.24, 2.45) is 5.92 Å². The van der Waals surface area contributed by atoms with Crippen LogP contribution >= 0.6 is 0 Å². The Morgan fingerprint density at radius 1 is 1.28 bits per heavy atom. The lowest BCUT2D eigenvalue weighted by Gasteiger charge is -2.33. The summed E-state index contributed by atoms with van der Waals surface area (Å²) in [6, 6.07) is 7.79. The molecular formula is C20H28N2O3. The molecule has 2 amide bonds. The zero-order chi connectivity index (χ0) is 17.8. The predicted octanol–water partition coefficient (Wildman–Crippen LogP) is 2.28. The summed E-state index contributed by atoms with van der Waals surface area (Å²) < 4.78 is 5.46. The van der Waals surface area contributed by atoms with E-state index in [4.69, 9.17) is 4.74 Å². The van der Waals surface area contributed by atoms with E-state index in [2.05, 4.69) is 31.3 Å². The van der Waals surface area contributed by atoms with Crippen LogP contribution in [0.25, 0.3) is 0 Å². The van der Waals surface area contributed by atoms with Crippen LogP contribution in [0.2, 0.25) is 0 Å². The molecule has 0 saturated carbocycles. The SMILES string of the molecule is CC(C)C[C@H](NC(=O)C1CCCO1)C(=O)N1CCc2ccccc2C1. The molecule has 2 atom stereocenters. The van der Waals surface area contributed by atoms with Gasteiger partial charge in [-0.2, -0.15) is 0 Å². The largest absolute Gasteiger partial charge is 0.368 e. The summed E-state index contributed by atoms with van der Waals surface area (Å²) in [5, 5.41) is 2.96. The van der Waals surface area contributed by atoms with Gasteiger partial charge in [-0.05, 0) is 42.7 Å². The topological polar surface area (TPSA) is 58.6 Å². The molecule has 0 spiro atoms. The van der Waals surface area contributed by atoms with Crippen molar-refractivity contribution in [1.82, 2.24) is 10.2 Å². The van der Waals surface area contributed by atoms with E-state index in [1.165, 1.54) is 11.1 Å². The molecule has 1 unspecified atom stereocenters. The van der Waals surface area contributed by atoms with Crippen LogP contribution in [0.1, 0.15) is 44.2 Å². The third-order valence-electron chi connectivity index (χ3n) is 4.99. The van der Waals surface area contributed by atoms with E-state index in [9.17, 15) is 9.59 Å². The number of hydrogen-bond acceptors (Lipinski definition) is 3. The Balaban J connectivity index is 1.67. The molecule has 2 aliphatic heterocycles. The summed E-state index contributed by atoms with van der Waals surface area (Å²) in [6.45, 7) is 6.11. The molecule has 0 radical (unpaired) electrons. The Labute approximate surface area is 149 Å². The van der Waals surface area contributed by atoms with Gasteiger partial charge in [0.25, 0.3) is 0 Å². The van der Waals surface area contributed by atoms with Crippen molar-refractivity contribution in [3.05, 3.63) is 35.4 Å². The highest BCUT2D eigenvalue weighted by Crippen LogP contribution is 2.21. The van der Waals surface area contributed by atoms with Crippen molar-refractivity contribution in [2.75, 3.05) is 13.2 Å². The van der Waals surface area contributed by atoms with Crippen molar-refractivity contribution in [3.8, 4) is 0 Å². The standard InChI is InChI=1S/C20H28N2O3/c1-14(2)12-17(21-19(23)18-8-5-11-25-18)20(24)22-10-9-15-6-3-4-7-16(15)13-22/h3-4,6-7,14,17-18H,5,8-13H2,1-2H3,(H,21,23)/t17-,18?/m0/s1. The molecule has 25 heavy (non-hydrogen) atoms. The highest BCUT2D eigenvalue weighted by atomic mass is 16.5. The van der Waals surface area contributed by atoms with Crippen LogP contribution in [-0.4, -0.2) is 42.0 Å². The number of carbonyl (C=O) groups is 2. The Morgan fingerprint density at radius 3 is 2.72 bits per heavy atom. The maximum atomic E-state index is 13.1. The number of fused-ring (bicyclic) bond motifs is 1. The van der Waals surface area contributed by atoms with Crippen molar-refractivity contribution >= 4 is 11.8 Å². The van der Waals surface area contributed by atoms with Crippen LogP contribution in [0.3, 0.4) is 0 Å². The number of benzene rings is 1. The van der Waals surface area contributed by atoms with Crippen molar-refractivity contribution in [2.45, 2.75) is 58.2 Å². The molecule has 1 fully saturated rings. The number of ether oxygens (including phenoxy) is 1. The lowest BCUT2D eigenvalue weighted by Crippen LogP contribution is -2.52. The fraction of sp³-hybridized carbons (Fsp3) is 0.600. The van der Waals surface area contributed by atoms with Gasteiger partial charge in [0.15, 0.2) is 0 Å². The second-order valence-corrected chi connectivity index (χ2v) is 7.47. The Morgan fingerprint density at radius 2 is 2.04 bits per heavy atom. The lowest BCUT2D eigenvalue weighted by atomic mass is 9.97. The number of rotatable bonds is 5. The van der Waals surface area contributed by atoms with Crippen molar-refractivity contribution in [1.29, 1.82) is 0 Å². The molecule has 3 rings (SSSR count). The molecule has 1 aromatic carbocycles. The first-order valence-electron chi connectivity index (χ1n) is 9.32. The molecule has 1 saturated heterocycles. The minimum absolute atomic E-state index is 0.0227. The van der Waals surface area contributed by atoms with Gasteiger partial charge in [0, 0.05) is 19.7 Å². The van der Waals surface area contributed by atoms with Crippen LogP contribution in [0, 0.1) is 5.92 Å². The van der Waals surface area contributed by atoms with E-state index < -0.39 is 12.1 Å². The molecule has 0 bridgehead atoms. The quantitative estimate of drug-likeness (QED) is 0.891. The van der Waals surface area contributed by atoms with Gasteiger partial charge in [-0.25, -0.2) is 0 Å². The molecule has 0 aliphatic carbocycles. The summed E-state index contributed by atoms with van der Waals surface area (Å²) in [6.07, 6.45) is 2.77. The van der Waals surface area contributed by atoms with Gasteiger partial charge in [-0.1, -0.05) is 38.1 Å². The predicted molar refractivity (Wildman–Crippen MR) is 95.9 cm³/mol. The van der Waals surface area contributed by atoms with Gasteiger partial charge >= 0.3 is 0 Å². The smallest absolute Gasteiger partial charge is 0.249 e. The summed E-state index contributed by atoms with van der Waals surface area (Å²) >= 11 is 0. The first-order chi connectivity index (χ1) is 12.0. The third-order valence-corrected chi connectivity index (χ3v) is 4.99. The van der Waals surface area contributed by atoms with E-state index in [0.29, 0.717) is 32.0 Å². The van der Waals surface area contributed by atoms with E-state index in [0.717, 1.165) is 19.3 Å². The van der Waals surface area contributed by atoms with Gasteiger partial charge in [0.1, 0.15) is 12.1 Å². The van der Waals surface area contributed by atoms with Crippen LogP contribution in [0.4, 0.5) is 0 Å². The van der Waals surface area contributed by atoms with Gasteiger partial charge in [-0.3, -0.25) is 9.59 Å². The summed E-state index contributed by atoms with van der Waals surface area (Å²) in [4.78, 5) is 27.4. The van der Waals surface area contributed by atoms with Crippen molar-refractivity contribution in [3.63, 3.8) is 0 Å². The number of amides is 2. The summed E-state index contributed by atoms with van der Waals surface area (Å²) in [7, 11) is 0. The molecule has 1 N–H and O–H groups in total. The Kier molecular flexibility index (Phi) is 5.74. The number of hydrogen-bond donors (Lipinski definition) is 1. The Hall–Kier alpha value is -1.88. The van der Waals surface area contributed by atoms with Gasteiger partial charge < -0.3 is 15.0 Å². The molecular weight excluding hydrogens is 316 g/mol. The average Bonchev–Trinajstić information content (AvgIpc) is 3.14. The molecule has 136 valence electrons. The monoisotopic (exact) mass is 344 g/mol. The van der Waals surface area contributed by atoms with E-state index in [1.54, 1.807) is 0 Å². The summed E-state index contributed by atoms with van der Waals surface area (Å²) in [5.74, 6) is 0.208. The third kappa shape index (κ3) is 4.40. The maximum absolute atomic E-state index is 13.1. The first kappa shape index (κ1) is 17.9. The molecule has 1 aromatic rings. The highest BCUT2D eigenvalue weighted by Gasteiger charge is 2.32. The van der Waals surface area contributed by atoms with Crippen LogP contribution in [-0.2, 0) is 27.3 Å². The second-order valence-electron chi connectivity index (χ2n) is 7.47. The van der Waals surface area contributed by atoms with Gasteiger partial charge in [0.05, 0.1) is 0 Å². The van der Waals surface area contributed by atoms with Crippen LogP contribution in [0.5, 0.6) is 0 Å². The maximum Gasteiger partial charge on any atom is 0.249 e. The summed E-state index contributed by atoms with van der Waals surface area (Å²) in [5.41, 5.74) is 2.52. The fourth-order valence-corrected chi connectivity index (χ4v) is 3.65.